The van der Waals surface area contributed by atoms with Crippen molar-refractivity contribution in [2.24, 2.45) is 4.99 Å². The number of aromatic nitrogens is 1. The quantitative estimate of drug-likeness (QED) is 0.241. The first-order chi connectivity index (χ1) is 15.1. The lowest BCUT2D eigenvalue weighted by molar-refractivity contribution is 1.18. The van der Waals surface area contributed by atoms with Crippen LogP contribution >= 0.6 is 15.9 Å². The van der Waals surface area contributed by atoms with Crippen LogP contribution in [0.4, 0.5) is 0 Å². The van der Waals surface area contributed by atoms with E-state index >= 15 is 0 Å². The van der Waals surface area contributed by atoms with Gasteiger partial charge in [-0.3, -0.25) is 4.57 Å². The third-order valence-corrected chi connectivity index (χ3v) is 6.07. The highest BCUT2D eigenvalue weighted by Gasteiger charge is 2.15. The van der Waals surface area contributed by atoms with E-state index in [1.54, 1.807) is 0 Å². The molecule has 4 aromatic carbocycles. The highest BCUT2D eigenvalue weighted by atomic mass is 79.9. The Hall–Kier alpha value is -3.43. The van der Waals surface area contributed by atoms with Crippen LogP contribution in [0.15, 0.2) is 113 Å². The third kappa shape index (κ3) is 3.51. The van der Waals surface area contributed by atoms with Crippen LogP contribution in [0.1, 0.15) is 16.7 Å². The van der Waals surface area contributed by atoms with Gasteiger partial charge in [-0.1, -0.05) is 95.3 Å². The van der Waals surface area contributed by atoms with Crippen LogP contribution in [0.2, 0.25) is 0 Å². The number of fused-ring (bicyclic) bond motifs is 3. The predicted molar refractivity (Wildman–Crippen MR) is 136 cm³/mol. The minimum atomic E-state index is 0.690. The van der Waals surface area contributed by atoms with Crippen molar-refractivity contribution in [3.8, 4) is 0 Å². The van der Waals surface area contributed by atoms with Gasteiger partial charge in [0, 0.05) is 26.4 Å². The third-order valence-electron chi connectivity index (χ3n) is 5.58. The number of hydrogen-bond acceptors (Lipinski definition) is 1. The summed E-state index contributed by atoms with van der Waals surface area (Å²) in [6.45, 7) is 6.52. The second-order valence-corrected chi connectivity index (χ2v) is 8.49. The molecule has 0 saturated heterocycles. The van der Waals surface area contributed by atoms with Gasteiger partial charge in [-0.2, -0.15) is 0 Å². The lowest BCUT2D eigenvalue weighted by Crippen LogP contribution is -2.07. The minimum absolute atomic E-state index is 0.690. The normalized spacial score (nSPS) is 11.9. The molecule has 2 nitrogen and oxygen atoms in total. The first-order valence-corrected chi connectivity index (χ1v) is 11.0. The highest BCUT2D eigenvalue weighted by molar-refractivity contribution is 9.10. The fourth-order valence-corrected chi connectivity index (χ4v) is 4.48. The second kappa shape index (κ2) is 8.01. The molecule has 0 amide bonds. The molecule has 0 aliphatic rings. The largest absolute Gasteiger partial charge is 0.294 e. The van der Waals surface area contributed by atoms with Crippen LogP contribution in [0.5, 0.6) is 0 Å². The topological polar surface area (TPSA) is 17.3 Å². The van der Waals surface area contributed by atoms with Gasteiger partial charge in [0.1, 0.15) is 5.82 Å². The molecule has 0 radical (unpaired) electrons. The lowest BCUT2D eigenvalue weighted by Gasteiger charge is -2.13. The number of para-hydroxylation sites is 1. The monoisotopic (exact) mass is 464 g/mol. The Kier molecular flexibility index (Phi) is 5.05. The number of rotatable bonds is 4. The van der Waals surface area contributed by atoms with Crippen LogP contribution in [-0.2, 0) is 0 Å². The molecule has 3 heteroatoms. The van der Waals surface area contributed by atoms with Gasteiger partial charge in [0.05, 0.1) is 16.7 Å². The minimum Gasteiger partial charge on any atom is -0.294 e. The maximum Gasteiger partial charge on any atom is 0.131 e. The van der Waals surface area contributed by atoms with Crippen LogP contribution in [0.25, 0.3) is 27.6 Å². The van der Waals surface area contributed by atoms with Gasteiger partial charge in [-0.05, 0) is 36.8 Å². The molecule has 0 aliphatic heterocycles. The summed E-state index contributed by atoms with van der Waals surface area (Å²) in [5.74, 6) is 0.690. The van der Waals surface area contributed by atoms with E-state index in [1.807, 2.05) is 18.2 Å². The van der Waals surface area contributed by atoms with Gasteiger partial charge in [0.15, 0.2) is 0 Å². The molecule has 0 aliphatic carbocycles. The van der Waals surface area contributed by atoms with Crippen molar-refractivity contribution < 1.29 is 0 Å². The first kappa shape index (κ1) is 19.5. The molecular formula is C28H21BrN2. The molecule has 1 heterocycles. The van der Waals surface area contributed by atoms with Crippen LogP contribution in [-0.4, -0.2) is 10.3 Å². The molecule has 0 saturated carbocycles. The van der Waals surface area contributed by atoms with Crippen molar-refractivity contribution in [3.63, 3.8) is 0 Å². The molecule has 0 N–H and O–H groups in total. The van der Waals surface area contributed by atoms with Gasteiger partial charge < -0.3 is 0 Å². The van der Waals surface area contributed by atoms with E-state index in [4.69, 9.17) is 4.99 Å². The van der Waals surface area contributed by atoms with Crippen LogP contribution in [0.3, 0.4) is 0 Å². The van der Waals surface area contributed by atoms with E-state index in [1.165, 1.54) is 16.3 Å². The van der Waals surface area contributed by atoms with Crippen LogP contribution < -0.4 is 0 Å². The molecule has 0 unspecified atom stereocenters. The molecule has 0 spiro atoms. The molecule has 0 atom stereocenters. The summed E-state index contributed by atoms with van der Waals surface area (Å²) in [6, 6.07) is 33.4. The molecule has 0 fully saturated rings. The smallest absolute Gasteiger partial charge is 0.131 e. The zero-order chi connectivity index (χ0) is 21.4. The lowest BCUT2D eigenvalue weighted by atomic mass is 9.98. The Balaban J connectivity index is 1.76. The van der Waals surface area contributed by atoms with E-state index in [9.17, 15) is 0 Å². The zero-order valence-corrected chi connectivity index (χ0v) is 18.8. The predicted octanol–water partition coefficient (Wildman–Crippen LogP) is 7.83. The number of nitrogens with zero attached hydrogens (tertiary/aromatic N) is 2. The van der Waals surface area contributed by atoms with Crippen LogP contribution in [0, 0.1) is 6.92 Å². The molecule has 31 heavy (non-hydrogen) atoms. The van der Waals surface area contributed by atoms with Crippen molar-refractivity contribution >= 4 is 49.3 Å². The van der Waals surface area contributed by atoms with E-state index in [-0.39, 0.29) is 0 Å². The zero-order valence-electron chi connectivity index (χ0n) is 17.2. The maximum absolute atomic E-state index is 5.12. The summed E-state index contributed by atoms with van der Waals surface area (Å²) in [4.78, 5) is 5.12. The van der Waals surface area contributed by atoms with Crippen molar-refractivity contribution in [1.82, 2.24) is 4.57 Å². The average Bonchev–Trinajstić information content (AvgIpc) is 3.12. The van der Waals surface area contributed by atoms with Gasteiger partial charge in [0.2, 0.25) is 0 Å². The fraction of sp³-hybridized carbons (Fsp3) is 0.0357. The number of halogens is 1. The van der Waals surface area contributed by atoms with Gasteiger partial charge in [0.25, 0.3) is 0 Å². The summed E-state index contributed by atoms with van der Waals surface area (Å²) in [5.41, 5.74) is 6.48. The molecule has 0 bridgehead atoms. The SMILES string of the molecule is C=C(/N=C(/c1ccccc1)c1ccccc1C)n1c2ccccc2c2cc(Br)ccc21. The first-order valence-electron chi connectivity index (χ1n) is 10.2. The van der Waals surface area contributed by atoms with E-state index in [0.29, 0.717) is 5.82 Å². The Labute approximate surface area is 190 Å². The fourth-order valence-electron chi connectivity index (χ4n) is 4.12. The van der Waals surface area contributed by atoms with E-state index < -0.39 is 0 Å². The summed E-state index contributed by atoms with van der Waals surface area (Å²) >= 11 is 3.61. The summed E-state index contributed by atoms with van der Waals surface area (Å²) in [7, 11) is 0. The highest BCUT2D eigenvalue weighted by Crippen LogP contribution is 2.33. The second-order valence-electron chi connectivity index (χ2n) is 7.57. The Morgan fingerprint density at radius 1 is 0.774 bits per heavy atom. The Bertz CT molecular complexity index is 1460. The van der Waals surface area contributed by atoms with Crippen molar-refractivity contribution in [1.29, 1.82) is 0 Å². The summed E-state index contributed by atoms with van der Waals surface area (Å²) in [5, 5.41) is 2.37. The maximum atomic E-state index is 5.12. The Morgan fingerprint density at radius 3 is 2.26 bits per heavy atom. The number of aryl methyl sites for hydroxylation is 1. The molecular weight excluding hydrogens is 444 g/mol. The molecule has 5 aromatic rings. The number of hydrogen-bond donors (Lipinski definition) is 0. The van der Waals surface area contributed by atoms with Crippen molar-refractivity contribution in [2.75, 3.05) is 0 Å². The van der Waals surface area contributed by atoms with Crippen molar-refractivity contribution in [3.05, 3.63) is 125 Å². The van der Waals surface area contributed by atoms with Gasteiger partial charge >= 0.3 is 0 Å². The number of benzene rings is 4. The van der Waals surface area contributed by atoms with Gasteiger partial charge in [-0.25, -0.2) is 4.99 Å². The summed E-state index contributed by atoms with van der Waals surface area (Å²) in [6.07, 6.45) is 0. The standard InChI is InChI=1S/C28H21BrN2/c1-19-10-6-7-13-23(19)28(21-11-4-3-5-12-21)30-20(2)31-26-15-9-8-14-24(26)25-18-22(29)16-17-27(25)31/h3-18H,2H2,1H3/b30-28-. The molecule has 1 aromatic heterocycles. The van der Waals surface area contributed by atoms with Gasteiger partial charge in [-0.15, -0.1) is 0 Å². The molecule has 5 rings (SSSR count). The Morgan fingerprint density at radius 2 is 1.45 bits per heavy atom. The molecule has 150 valence electrons. The average molecular weight is 465 g/mol. The van der Waals surface area contributed by atoms with Crippen molar-refractivity contribution in [2.45, 2.75) is 6.92 Å². The summed E-state index contributed by atoms with van der Waals surface area (Å²) < 4.78 is 3.21. The van der Waals surface area contributed by atoms with E-state index in [2.05, 4.69) is 113 Å². The van der Waals surface area contributed by atoms with E-state index in [0.717, 1.165) is 32.3 Å². The number of aliphatic imine (C=N–C) groups is 1.